The van der Waals surface area contributed by atoms with E-state index in [9.17, 15) is 24.6 Å². The van der Waals surface area contributed by atoms with E-state index in [-0.39, 0.29) is 39.2 Å². The third-order valence-corrected chi connectivity index (χ3v) is 9.62. The number of nitrogens with zero attached hydrogens (tertiary/aromatic N) is 3. The normalized spacial score (nSPS) is 13.8. The van der Waals surface area contributed by atoms with Crippen LogP contribution in [0.2, 0.25) is 6.04 Å². The number of aromatic hydroxyl groups is 2. The van der Waals surface area contributed by atoms with Gasteiger partial charge in [0.05, 0.1) is 0 Å². The zero-order valence-electron chi connectivity index (χ0n) is 31.9. The van der Waals surface area contributed by atoms with Gasteiger partial charge in [-0.25, -0.2) is 0 Å². The van der Waals surface area contributed by atoms with E-state index in [4.69, 9.17) is 0 Å². The van der Waals surface area contributed by atoms with E-state index in [2.05, 4.69) is 110 Å². The minimum absolute atomic E-state index is 0.00118. The molecule has 0 unspecified atom stereocenters. The quantitative estimate of drug-likeness (QED) is 0.0813. The summed E-state index contributed by atoms with van der Waals surface area (Å²) < 4.78 is 0. The van der Waals surface area contributed by atoms with Crippen molar-refractivity contribution in [3.05, 3.63) is 57.6 Å². The van der Waals surface area contributed by atoms with Gasteiger partial charge in [-0.3, -0.25) is 9.98 Å². The number of hydrogen-bond donors (Lipinski definition) is 5. The second-order valence-electron chi connectivity index (χ2n) is 17.4. The molecule has 9 heteroatoms. The fraction of sp³-hybridized carbons (Fsp3) is 0.641. The highest BCUT2D eigenvalue weighted by Gasteiger charge is 2.27. The number of aliphatic imine (C=N–C) groups is 2. The van der Waals surface area contributed by atoms with Crippen LogP contribution in [0.15, 0.2) is 34.3 Å². The van der Waals surface area contributed by atoms with Crippen LogP contribution in [0.4, 0.5) is 0 Å². The summed E-state index contributed by atoms with van der Waals surface area (Å²) in [7, 11) is -4.09. The van der Waals surface area contributed by atoms with Crippen molar-refractivity contribution < 1.29 is 24.6 Å². The Labute approximate surface area is 292 Å². The monoisotopic (exact) mass is 683 g/mol. The fourth-order valence-electron chi connectivity index (χ4n) is 5.49. The second-order valence-corrected chi connectivity index (χ2v) is 19.5. The third kappa shape index (κ3) is 13.4. The Morgan fingerprint density at radius 2 is 0.917 bits per heavy atom. The van der Waals surface area contributed by atoms with E-state index in [0.717, 1.165) is 59.3 Å². The van der Waals surface area contributed by atoms with Crippen LogP contribution in [0.25, 0.3) is 0 Å². The minimum atomic E-state index is -4.09. The van der Waals surface area contributed by atoms with Crippen molar-refractivity contribution in [2.24, 2.45) is 9.98 Å². The number of benzene rings is 2. The molecule has 0 aliphatic heterocycles. The Balaban J connectivity index is 2.10. The van der Waals surface area contributed by atoms with Gasteiger partial charge in [0.2, 0.25) is 0 Å². The van der Waals surface area contributed by atoms with E-state index >= 15 is 0 Å². The van der Waals surface area contributed by atoms with Crippen molar-refractivity contribution in [1.82, 2.24) is 4.90 Å². The van der Waals surface area contributed by atoms with Crippen molar-refractivity contribution in [2.75, 3.05) is 32.7 Å². The van der Waals surface area contributed by atoms with Crippen LogP contribution in [0.5, 0.6) is 11.5 Å². The molecule has 2 rings (SSSR count). The van der Waals surface area contributed by atoms with Gasteiger partial charge in [0, 0.05) is 53.8 Å². The van der Waals surface area contributed by atoms with Gasteiger partial charge in [0.15, 0.2) is 0 Å². The van der Waals surface area contributed by atoms with Crippen molar-refractivity contribution in [1.29, 1.82) is 0 Å². The molecule has 0 radical (unpaired) electrons. The van der Waals surface area contributed by atoms with E-state index in [1.54, 1.807) is 12.4 Å². The summed E-state index contributed by atoms with van der Waals surface area (Å²) in [6, 6.07) is 8.26. The summed E-state index contributed by atoms with van der Waals surface area (Å²) in [5.74, 6) is 0.554. The van der Waals surface area contributed by atoms with Crippen molar-refractivity contribution in [3.8, 4) is 11.5 Å². The Morgan fingerprint density at radius 3 is 1.23 bits per heavy atom. The zero-order chi connectivity index (χ0) is 36.7. The number of phenols is 2. The molecule has 0 saturated carbocycles. The van der Waals surface area contributed by atoms with Gasteiger partial charge in [-0.1, -0.05) is 95.2 Å². The van der Waals surface area contributed by atoms with Crippen LogP contribution < -0.4 is 0 Å². The third-order valence-electron chi connectivity index (χ3n) is 8.60. The lowest BCUT2D eigenvalue weighted by Gasteiger charge is -2.27. The van der Waals surface area contributed by atoms with E-state index in [0.29, 0.717) is 26.1 Å². The SMILES string of the molecule is CC(C)(C)c1cc(C=NCCCN(CCCN=Cc2cc(C(C)(C)C)cc(C(C)(C)C)c2O)CCC[Si](O)(O)O)c(O)c(C(C)(C)C)c1. The highest BCUT2D eigenvalue weighted by molar-refractivity contribution is 6.56. The molecule has 0 spiro atoms. The molecule has 0 heterocycles. The first-order valence-electron chi connectivity index (χ1n) is 17.5. The first-order chi connectivity index (χ1) is 21.8. The van der Waals surface area contributed by atoms with Crippen LogP contribution in [0, 0.1) is 0 Å². The Morgan fingerprint density at radius 1 is 0.562 bits per heavy atom. The molecule has 48 heavy (non-hydrogen) atoms. The van der Waals surface area contributed by atoms with Crippen molar-refractivity contribution in [2.45, 2.75) is 130 Å². The predicted molar refractivity (Wildman–Crippen MR) is 203 cm³/mol. The molecule has 2 aromatic rings. The van der Waals surface area contributed by atoms with Gasteiger partial charge < -0.3 is 29.5 Å². The molecule has 0 fully saturated rings. The minimum Gasteiger partial charge on any atom is -0.507 e. The molecule has 5 N–H and O–H groups in total. The molecule has 8 nitrogen and oxygen atoms in total. The highest BCUT2D eigenvalue weighted by Crippen LogP contribution is 2.38. The Kier molecular flexibility index (Phi) is 14.2. The Hall–Kier alpha value is -2.56. The van der Waals surface area contributed by atoms with E-state index < -0.39 is 8.80 Å². The maximum atomic E-state index is 11.1. The number of phenolic OH excluding ortho intramolecular Hbond substituents is 2. The summed E-state index contributed by atoms with van der Waals surface area (Å²) in [6.45, 7) is 28.9. The van der Waals surface area contributed by atoms with Gasteiger partial charge in [0.25, 0.3) is 0 Å². The summed E-state index contributed by atoms with van der Waals surface area (Å²) in [5, 5.41) is 22.1. The lowest BCUT2D eigenvalue weighted by molar-refractivity contribution is 0.217. The van der Waals surface area contributed by atoms with Crippen LogP contribution in [-0.4, -0.2) is 83.5 Å². The van der Waals surface area contributed by atoms with Crippen LogP contribution >= 0.6 is 0 Å². The summed E-state index contributed by atoms with van der Waals surface area (Å²) in [4.78, 5) is 40.1. The largest absolute Gasteiger partial charge is 0.507 e. The maximum Gasteiger partial charge on any atom is 0.492 e. The van der Waals surface area contributed by atoms with Crippen LogP contribution in [0.1, 0.15) is 136 Å². The highest BCUT2D eigenvalue weighted by atomic mass is 28.4. The van der Waals surface area contributed by atoms with E-state index in [1.807, 2.05) is 12.1 Å². The molecule has 0 aliphatic carbocycles. The smallest absolute Gasteiger partial charge is 0.492 e. The van der Waals surface area contributed by atoms with E-state index in [1.165, 1.54) is 0 Å². The molecule has 270 valence electrons. The van der Waals surface area contributed by atoms with Crippen LogP contribution in [0.3, 0.4) is 0 Å². The molecule has 0 bridgehead atoms. The van der Waals surface area contributed by atoms with Crippen molar-refractivity contribution >= 4 is 21.2 Å². The molecule has 0 atom stereocenters. The van der Waals surface area contributed by atoms with Gasteiger partial charge >= 0.3 is 8.80 Å². The fourth-order valence-corrected chi connectivity index (χ4v) is 6.12. The summed E-state index contributed by atoms with van der Waals surface area (Å²) in [5.41, 5.74) is 5.05. The lowest BCUT2D eigenvalue weighted by Crippen LogP contribution is -2.36. The average Bonchev–Trinajstić information content (AvgIpc) is 2.90. The molecule has 0 aliphatic rings. The maximum absolute atomic E-state index is 11.1. The second kappa shape index (κ2) is 16.4. The standard InChI is InChI=1S/C39H65N3O5Si/c1-36(2,3)30-22-28(34(43)32(24-30)38(7,8)9)26-40-16-13-18-42(20-15-21-48(45,46)47)19-14-17-41-27-29-23-31(37(4,5)6)25-33(35(29)44)39(10,11)12/h22-27,43-47H,13-21H2,1-12H3. The molecular formula is C39H65N3O5Si. The molecule has 0 saturated heterocycles. The van der Waals surface area contributed by atoms with Crippen molar-refractivity contribution in [3.63, 3.8) is 0 Å². The molecule has 0 aromatic heterocycles. The zero-order valence-corrected chi connectivity index (χ0v) is 32.9. The van der Waals surface area contributed by atoms with Gasteiger partial charge in [-0.2, -0.15) is 0 Å². The summed E-state index contributed by atoms with van der Waals surface area (Å²) in [6.07, 6.45) is 5.60. The number of rotatable bonds is 14. The first kappa shape index (κ1) is 41.6. The van der Waals surface area contributed by atoms with Gasteiger partial charge in [-0.15, -0.1) is 0 Å². The van der Waals surface area contributed by atoms with Gasteiger partial charge in [0.1, 0.15) is 11.5 Å². The molecule has 2 aromatic carbocycles. The predicted octanol–water partition coefficient (Wildman–Crippen LogP) is 7.21. The van der Waals surface area contributed by atoms with Gasteiger partial charge in [-0.05, 0) is 83.8 Å². The summed E-state index contributed by atoms with van der Waals surface area (Å²) >= 11 is 0. The number of hydrogen-bond acceptors (Lipinski definition) is 8. The molecule has 0 amide bonds. The first-order valence-corrected chi connectivity index (χ1v) is 19.5. The lowest BCUT2D eigenvalue weighted by atomic mass is 9.79. The molecular weight excluding hydrogens is 619 g/mol. The average molecular weight is 684 g/mol. The van der Waals surface area contributed by atoms with Crippen LogP contribution in [-0.2, 0) is 21.7 Å². The Bertz CT molecular complexity index is 1300. The topological polar surface area (TPSA) is 129 Å².